The Hall–Kier alpha value is -1.76. The zero-order valence-corrected chi connectivity index (χ0v) is 14.7. The van der Waals surface area contributed by atoms with Crippen molar-refractivity contribution in [2.45, 2.75) is 51.3 Å². The molecule has 2 rings (SSSR count). The largest absolute Gasteiger partial charge is 0.496 e. The van der Waals surface area contributed by atoms with Crippen LogP contribution in [0.25, 0.3) is 0 Å². The summed E-state index contributed by atoms with van der Waals surface area (Å²) in [7, 11) is 1.18. The average Bonchev–Trinajstić information content (AvgIpc) is 2.54. The third-order valence-corrected chi connectivity index (χ3v) is 4.55. The second-order valence-electron chi connectivity index (χ2n) is 6.50. The molecular weight excluding hydrogens is 335 g/mol. The average molecular weight is 359 g/mol. The number of carbonyl (C=O) groups excluding carboxylic acids is 1. The molecule has 2 atom stereocenters. The fourth-order valence-electron chi connectivity index (χ4n) is 3.43. The maximum Gasteiger partial charge on any atom is 0.420 e. The summed E-state index contributed by atoms with van der Waals surface area (Å²) in [4.78, 5) is 12.8. The van der Waals surface area contributed by atoms with Crippen molar-refractivity contribution >= 4 is 11.6 Å². The highest BCUT2D eigenvalue weighted by Gasteiger charge is 2.43. The number of carbonyl (C=O) groups is 1. The number of anilines is 1. The minimum absolute atomic E-state index is 0.0791. The van der Waals surface area contributed by atoms with Gasteiger partial charge in [0.15, 0.2) is 0 Å². The summed E-state index contributed by atoms with van der Waals surface area (Å²) < 4.78 is 49.9. The summed E-state index contributed by atoms with van der Waals surface area (Å²) in [6.07, 6.45) is -1.56. The van der Waals surface area contributed by atoms with Crippen LogP contribution in [0.15, 0.2) is 18.2 Å². The molecule has 0 aromatic heterocycles. The van der Waals surface area contributed by atoms with E-state index in [0.717, 1.165) is 18.9 Å². The van der Waals surface area contributed by atoms with Crippen LogP contribution in [0.1, 0.15) is 45.1 Å². The lowest BCUT2D eigenvalue weighted by atomic mass is 9.78. The zero-order chi connectivity index (χ0) is 18.7. The highest BCUT2D eigenvalue weighted by Crippen LogP contribution is 2.39. The van der Waals surface area contributed by atoms with Crippen molar-refractivity contribution in [1.29, 1.82) is 0 Å². The van der Waals surface area contributed by atoms with Crippen LogP contribution in [0.3, 0.4) is 0 Å². The fraction of sp³-hybridized carbons (Fsp3) is 0.611. The van der Waals surface area contributed by atoms with Crippen LogP contribution in [0.2, 0.25) is 0 Å². The van der Waals surface area contributed by atoms with E-state index in [4.69, 9.17) is 9.47 Å². The Bertz CT molecular complexity index is 614. The number of benzene rings is 1. The van der Waals surface area contributed by atoms with Crippen molar-refractivity contribution < 1.29 is 27.4 Å². The van der Waals surface area contributed by atoms with Crippen molar-refractivity contribution in [3.63, 3.8) is 0 Å². The van der Waals surface area contributed by atoms with Crippen LogP contribution >= 0.6 is 0 Å². The van der Waals surface area contributed by atoms with Gasteiger partial charge in [-0.15, -0.1) is 0 Å². The lowest BCUT2D eigenvalue weighted by molar-refractivity contribution is -0.148. The van der Waals surface area contributed by atoms with E-state index in [1.54, 1.807) is 0 Å². The first-order chi connectivity index (χ1) is 11.7. The second-order valence-corrected chi connectivity index (χ2v) is 6.50. The molecule has 1 aromatic carbocycles. The molecule has 1 aromatic rings. The van der Waals surface area contributed by atoms with E-state index in [0.29, 0.717) is 25.4 Å². The molecule has 0 bridgehead atoms. The SMILES string of the molecule is CCO[C@]1(C(=O)Nc2ccc(OC)c(C(F)(F)F)c2)CCC[C@H](C)C1. The van der Waals surface area contributed by atoms with Crippen molar-refractivity contribution in [2.75, 3.05) is 19.0 Å². The lowest BCUT2D eigenvalue weighted by Crippen LogP contribution is -2.48. The summed E-state index contributed by atoms with van der Waals surface area (Å²) in [5, 5.41) is 2.60. The van der Waals surface area contributed by atoms with Gasteiger partial charge in [0.25, 0.3) is 5.91 Å². The quantitative estimate of drug-likeness (QED) is 0.833. The molecule has 1 amide bonds. The van der Waals surface area contributed by atoms with E-state index in [-0.39, 0.29) is 17.3 Å². The molecule has 0 heterocycles. The molecule has 1 aliphatic rings. The number of halogens is 3. The summed E-state index contributed by atoms with van der Waals surface area (Å²) >= 11 is 0. The van der Waals surface area contributed by atoms with Crippen molar-refractivity contribution in [1.82, 2.24) is 0 Å². The van der Waals surface area contributed by atoms with Gasteiger partial charge >= 0.3 is 6.18 Å². The van der Waals surface area contributed by atoms with Crippen molar-refractivity contribution in [3.8, 4) is 5.75 Å². The molecule has 1 fully saturated rings. The monoisotopic (exact) mass is 359 g/mol. The molecule has 7 heteroatoms. The number of amides is 1. The van der Waals surface area contributed by atoms with Crippen molar-refractivity contribution in [3.05, 3.63) is 23.8 Å². The Morgan fingerprint density at radius 3 is 2.68 bits per heavy atom. The number of hydrogen-bond donors (Lipinski definition) is 1. The number of nitrogens with one attached hydrogen (secondary N) is 1. The Morgan fingerprint density at radius 1 is 1.40 bits per heavy atom. The predicted molar refractivity (Wildman–Crippen MR) is 88.6 cm³/mol. The van der Waals surface area contributed by atoms with E-state index in [2.05, 4.69) is 12.2 Å². The number of rotatable bonds is 5. The molecule has 0 radical (unpaired) electrons. The van der Waals surface area contributed by atoms with Gasteiger partial charge in [0.1, 0.15) is 11.4 Å². The molecular formula is C18H24F3NO3. The van der Waals surface area contributed by atoms with Crippen LogP contribution in [0.4, 0.5) is 18.9 Å². The van der Waals surface area contributed by atoms with Crippen LogP contribution in [0, 0.1) is 5.92 Å². The third-order valence-electron chi connectivity index (χ3n) is 4.55. The Kier molecular flexibility index (Phi) is 5.98. The van der Waals surface area contributed by atoms with Gasteiger partial charge < -0.3 is 14.8 Å². The van der Waals surface area contributed by atoms with E-state index in [1.165, 1.54) is 19.2 Å². The first-order valence-electron chi connectivity index (χ1n) is 8.42. The van der Waals surface area contributed by atoms with Gasteiger partial charge in [0.2, 0.25) is 0 Å². The maximum absolute atomic E-state index is 13.1. The topological polar surface area (TPSA) is 47.6 Å². The molecule has 0 spiro atoms. The second kappa shape index (κ2) is 7.64. The Balaban J connectivity index is 2.26. The molecule has 0 unspecified atom stereocenters. The lowest BCUT2D eigenvalue weighted by Gasteiger charge is -2.38. The molecule has 0 saturated heterocycles. The Morgan fingerprint density at radius 2 is 2.12 bits per heavy atom. The van der Waals surface area contributed by atoms with Gasteiger partial charge in [-0.1, -0.05) is 13.3 Å². The predicted octanol–water partition coefficient (Wildman–Crippen LogP) is 4.64. The smallest absolute Gasteiger partial charge is 0.420 e. The molecule has 1 N–H and O–H groups in total. The number of hydrogen-bond acceptors (Lipinski definition) is 3. The minimum Gasteiger partial charge on any atom is -0.496 e. The zero-order valence-electron chi connectivity index (χ0n) is 14.7. The van der Waals surface area contributed by atoms with Crippen LogP contribution < -0.4 is 10.1 Å². The molecule has 4 nitrogen and oxygen atoms in total. The summed E-state index contributed by atoms with van der Waals surface area (Å²) in [6, 6.07) is 3.50. The highest BCUT2D eigenvalue weighted by atomic mass is 19.4. The standard InChI is InChI=1S/C18H24F3NO3/c1-4-25-17(9-5-6-12(2)11-17)16(23)22-13-7-8-15(24-3)14(10-13)18(19,20)21/h7-8,10,12H,4-6,9,11H2,1-3H3,(H,22,23)/t12-,17+/m0/s1. The summed E-state index contributed by atoms with van der Waals surface area (Å²) in [5.41, 5.74) is -1.82. The number of ether oxygens (including phenoxy) is 2. The van der Waals surface area contributed by atoms with E-state index in [9.17, 15) is 18.0 Å². The third kappa shape index (κ3) is 4.45. The normalized spacial score (nSPS) is 24.0. The Labute approximate surface area is 145 Å². The van der Waals surface area contributed by atoms with E-state index < -0.39 is 17.3 Å². The molecule has 1 saturated carbocycles. The molecule has 25 heavy (non-hydrogen) atoms. The van der Waals surface area contributed by atoms with Gasteiger partial charge in [-0.3, -0.25) is 4.79 Å². The highest BCUT2D eigenvalue weighted by molar-refractivity contribution is 5.97. The van der Waals surface area contributed by atoms with Gasteiger partial charge in [0.05, 0.1) is 12.7 Å². The molecule has 140 valence electrons. The maximum atomic E-state index is 13.1. The minimum atomic E-state index is -4.57. The van der Waals surface area contributed by atoms with Crippen LogP contribution in [-0.2, 0) is 15.7 Å². The summed E-state index contributed by atoms with van der Waals surface area (Å²) in [6.45, 7) is 4.23. The first kappa shape index (κ1) is 19.6. The first-order valence-corrected chi connectivity index (χ1v) is 8.42. The van der Waals surface area contributed by atoms with Gasteiger partial charge in [-0.2, -0.15) is 13.2 Å². The molecule has 0 aliphatic heterocycles. The van der Waals surface area contributed by atoms with E-state index in [1.807, 2.05) is 6.92 Å². The van der Waals surface area contributed by atoms with Gasteiger partial charge in [0, 0.05) is 12.3 Å². The summed E-state index contributed by atoms with van der Waals surface area (Å²) in [5.74, 6) is -0.344. The number of methoxy groups -OCH3 is 1. The molecule has 1 aliphatic carbocycles. The van der Waals surface area contributed by atoms with Crippen molar-refractivity contribution in [2.24, 2.45) is 5.92 Å². The van der Waals surface area contributed by atoms with Gasteiger partial charge in [-0.25, -0.2) is 0 Å². The number of alkyl halides is 3. The fourth-order valence-corrected chi connectivity index (χ4v) is 3.43. The van der Waals surface area contributed by atoms with Crippen LogP contribution in [-0.4, -0.2) is 25.2 Å². The van der Waals surface area contributed by atoms with Crippen LogP contribution in [0.5, 0.6) is 5.75 Å². The van der Waals surface area contributed by atoms with E-state index >= 15 is 0 Å². The van der Waals surface area contributed by atoms with Gasteiger partial charge in [-0.05, 0) is 50.3 Å².